The van der Waals surface area contributed by atoms with Crippen molar-refractivity contribution in [3.05, 3.63) is 82.9 Å². The predicted octanol–water partition coefficient (Wildman–Crippen LogP) is 4.37. The fourth-order valence-corrected chi connectivity index (χ4v) is 2.85. The topological polar surface area (TPSA) is 91.3 Å². The number of hydrogen-bond acceptors (Lipinski definition) is 4. The van der Waals surface area contributed by atoms with Gasteiger partial charge in [-0.05, 0) is 63.1 Å². The normalized spacial score (nSPS) is 11.2. The Hall–Kier alpha value is -3.81. The number of amides is 2. The van der Waals surface area contributed by atoms with Crippen molar-refractivity contribution in [3.8, 4) is 0 Å². The maximum Gasteiger partial charge on any atom is 0.326 e. The molecular formula is C23H25FN6O. The first-order chi connectivity index (χ1) is 14.9. The number of benzene rings is 2. The van der Waals surface area contributed by atoms with Crippen LogP contribution in [0.1, 0.15) is 22.5 Å². The fourth-order valence-electron chi connectivity index (χ4n) is 2.85. The zero-order valence-corrected chi connectivity index (χ0v) is 17.7. The van der Waals surface area contributed by atoms with Gasteiger partial charge in [-0.1, -0.05) is 29.8 Å². The van der Waals surface area contributed by atoms with E-state index in [4.69, 9.17) is 0 Å². The Labute approximate surface area is 180 Å². The molecule has 0 unspecified atom stereocenters. The van der Waals surface area contributed by atoms with Crippen molar-refractivity contribution >= 4 is 23.6 Å². The van der Waals surface area contributed by atoms with E-state index in [9.17, 15) is 9.18 Å². The van der Waals surface area contributed by atoms with Gasteiger partial charge in [-0.2, -0.15) is 0 Å². The zero-order valence-electron chi connectivity index (χ0n) is 17.7. The lowest BCUT2D eigenvalue weighted by atomic mass is 10.1. The molecule has 3 rings (SSSR count). The van der Waals surface area contributed by atoms with E-state index < -0.39 is 6.03 Å². The van der Waals surface area contributed by atoms with Gasteiger partial charge in [-0.3, -0.25) is 15.6 Å². The first-order valence-corrected chi connectivity index (χ1v) is 9.90. The Morgan fingerprint density at radius 1 is 0.935 bits per heavy atom. The van der Waals surface area contributed by atoms with Gasteiger partial charge in [-0.15, -0.1) is 0 Å². The SMILES string of the molecule is Cc1ccc(NC(=O)NC(=NCCc2ccc(F)cc2)Nc2nc(C)cc(C)n2)cc1. The van der Waals surface area contributed by atoms with Crippen LogP contribution in [-0.2, 0) is 6.42 Å². The van der Waals surface area contributed by atoms with Crippen LogP contribution in [0.25, 0.3) is 0 Å². The first kappa shape index (κ1) is 21.9. The smallest absolute Gasteiger partial charge is 0.308 e. The first-order valence-electron chi connectivity index (χ1n) is 9.90. The molecule has 2 amide bonds. The van der Waals surface area contributed by atoms with Crippen molar-refractivity contribution in [2.24, 2.45) is 4.99 Å². The Balaban J connectivity index is 1.71. The van der Waals surface area contributed by atoms with Crippen molar-refractivity contribution in [2.75, 3.05) is 17.2 Å². The van der Waals surface area contributed by atoms with E-state index in [1.165, 1.54) is 12.1 Å². The lowest BCUT2D eigenvalue weighted by Gasteiger charge is -2.12. The number of halogens is 1. The van der Waals surface area contributed by atoms with E-state index in [1.807, 2.05) is 51.1 Å². The third-order valence-corrected chi connectivity index (χ3v) is 4.34. The number of nitrogens with zero attached hydrogens (tertiary/aromatic N) is 3. The van der Waals surface area contributed by atoms with Gasteiger partial charge in [-0.25, -0.2) is 19.2 Å². The molecule has 0 atom stereocenters. The van der Waals surface area contributed by atoms with Crippen LogP contribution in [0.4, 0.5) is 20.8 Å². The number of guanidine groups is 1. The van der Waals surface area contributed by atoms with E-state index in [2.05, 4.69) is 30.9 Å². The second-order valence-electron chi connectivity index (χ2n) is 7.15. The standard InChI is InChI=1S/C23H25FN6O/c1-15-4-10-20(11-5-15)28-23(31)30-21(29-22-26-16(2)14-17(3)27-22)25-13-12-18-6-8-19(24)9-7-18/h4-11,14H,12-13H2,1-3H3,(H3,25,26,27,28,29,30,31). The van der Waals surface area contributed by atoms with E-state index in [1.54, 1.807) is 12.1 Å². The molecule has 1 aromatic heterocycles. The second-order valence-corrected chi connectivity index (χ2v) is 7.15. The molecule has 0 bridgehead atoms. The van der Waals surface area contributed by atoms with E-state index in [0.717, 1.165) is 22.5 Å². The minimum atomic E-state index is -0.443. The Bertz CT molecular complexity index is 1040. The van der Waals surface area contributed by atoms with Crippen LogP contribution in [0.3, 0.4) is 0 Å². The summed E-state index contributed by atoms with van der Waals surface area (Å²) in [5.41, 5.74) is 4.30. The summed E-state index contributed by atoms with van der Waals surface area (Å²) < 4.78 is 13.1. The maximum absolute atomic E-state index is 13.1. The Kier molecular flexibility index (Phi) is 7.26. The molecule has 0 aliphatic rings. The monoisotopic (exact) mass is 420 g/mol. The molecule has 0 spiro atoms. The minimum absolute atomic E-state index is 0.219. The Morgan fingerprint density at radius 2 is 1.58 bits per heavy atom. The largest absolute Gasteiger partial charge is 0.326 e. The molecule has 7 nitrogen and oxygen atoms in total. The van der Waals surface area contributed by atoms with Crippen LogP contribution < -0.4 is 16.0 Å². The van der Waals surface area contributed by atoms with Crippen molar-refractivity contribution in [2.45, 2.75) is 27.2 Å². The highest BCUT2D eigenvalue weighted by Crippen LogP contribution is 2.09. The molecule has 0 aliphatic heterocycles. The maximum atomic E-state index is 13.1. The number of hydrogen-bond donors (Lipinski definition) is 3. The highest BCUT2D eigenvalue weighted by atomic mass is 19.1. The summed E-state index contributed by atoms with van der Waals surface area (Å²) in [4.78, 5) is 25.6. The van der Waals surface area contributed by atoms with Gasteiger partial charge in [0.1, 0.15) is 5.82 Å². The van der Waals surface area contributed by atoms with Crippen molar-refractivity contribution in [1.82, 2.24) is 15.3 Å². The molecule has 0 radical (unpaired) electrons. The summed E-state index contributed by atoms with van der Waals surface area (Å²) in [6.45, 7) is 6.08. The number of anilines is 2. The van der Waals surface area contributed by atoms with Gasteiger partial charge in [0.2, 0.25) is 11.9 Å². The molecule has 8 heteroatoms. The van der Waals surface area contributed by atoms with Gasteiger partial charge in [0, 0.05) is 23.6 Å². The van der Waals surface area contributed by atoms with Gasteiger partial charge in [0.15, 0.2) is 0 Å². The molecule has 0 saturated heterocycles. The molecule has 0 saturated carbocycles. The van der Waals surface area contributed by atoms with Crippen LogP contribution in [0.5, 0.6) is 0 Å². The van der Waals surface area contributed by atoms with Gasteiger partial charge < -0.3 is 5.32 Å². The van der Waals surface area contributed by atoms with Crippen LogP contribution in [-0.4, -0.2) is 28.5 Å². The van der Waals surface area contributed by atoms with Crippen LogP contribution in [0, 0.1) is 26.6 Å². The van der Waals surface area contributed by atoms with Crippen molar-refractivity contribution in [3.63, 3.8) is 0 Å². The fraction of sp³-hybridized carbons (Fsp3) is 0.217. The average Bonchev–Trinajstić information content (AvgIpc) is 2.70. The van der Waals surface area contributed by atoms with E-state index >= 15 is 0 Å². The summed E-state index contributed by atoms with van der Waals surface area (Å²) in [6.07, 6.45) is 0.584. The number of carbonyl (C=O) groups excluding carboxylic acids is 1. The van der Waals surface area contributed by atoms with Gasteiger partial charge in [0.05, 0.1) is 0 Å². The summed E-state index contributed by atoms with van der Waals surface area (Å²) in [6, 6.07) is 15.1. The summed E-state index contributed by atoms with van der Waals surface area (Å²) in [5, 5.41) is 8.46. The molecule has 160 valence electrons. The van der Waals surface area contributed by atoms with E-state index in [-0.39, 0.29) is 11.8 Å². The van der Waals surface area contributed by atoms with Gasteiger partial charge in [0.25, 0.3) is 0 Å². The molecular weight excluding hydrogens is 395 g/mol. The van der Waals surface area contributed by atoms with Gasteiger partial charge >= 0.3 is 6.03 Å². The molecule has 31 heavy (non-hydrogen) atoms. The lowest BCUT2D eigenvalue weighted by Crippen LogP contribution is -2.39. The third-order valence-electron chi connectivity index (χ3n) is 4.34. The summed E-state index contributed by atoms with van der Waals surface area (Å²) in [7, 11) is 0. The third kappa shape index (κ3) is 7.18. The quantitative estimate of drug-likeness (QED) is 0.422. The number of rotatable bonds is 5. The van der Waals surface area contributed by atoms with Crippen molar-refractivity contribution in [1.29, 1.82) is 0 Å². The number of aliphatic imine (C=N–C) groups is 1. The molecule has 0 fully saturated rings. The van der Waals surface area contributed by atoms with Crippen molar-refractivity contribution < 1.29 is 9.18 Å². The molecule has 2 aromatic carbocycles. The van der Waals surface area contributed by atoms with Crippen LogP contribution in [0.15, 0.2) is 59.6 Å². The highest BCUT2D eigenvalue weighted by molar-refractivity contribution is 6.07. The number of carbonyl (C=O) groups is 1. The second kappa shape index (κ2) is 10.3. The van der Waals surface area contributed by atoms with E-state index in [0.29, 0.717) is 24.6 Å². The molecule has 3 N–H and O–H groups in total. The number of nitrogens with one attached hydrogen (secondary N) is 3. The number of aromatic nitrogens is 2. The lowest BCUT2D eigenvalue weighted by molar-refractivity contribution is 0.256. The van der Waals surface area contributed by atoms with Crippen LogP contribution in [0.2, 0.25) is 0 Å². The molecule has 1 heterocycles. The number of aryl methyl sites for hydroxylation is 3. The Morgan fingerprint density at radius 3 is 2.23 bits per heavy atom. The van der Waals surface area contributed by atoms with Crippen LogP contribution >= 0.6 is 0 Å². The predicted molar refractivity (Wildman–Crippen MR) is 121 cm³/mol. The molecule has 3 aromatic rings. The minimum Gasteiger partial charge on any atom is -0.308 e. The highest BCUT2D eigenvalue weighted by Gasteiger charge is 2.09. The number of urea groups is 1. The molecule has 0 aliphatic carbocycles. The summed E-state index contributed by atoms with van der Waals surface area (Å²) in [5.74, 6) is 0.279. The zero-order chi connectivity index (χ0) is 22.2. The summed E-state index contributed by atoms with van der Waals surface area (Å²) >= 11 is 0. The average molecular weight is 420 g/mol.